The van der Waals surface area contributed by atoms with E-state index in [1.54, 1.807) is 36.4 Å². The normalized spacial score (nSPS) is 16.1. The predicted octanol–water partition coefficient (Wildman–Crippen LogP) is 8.84. The van der Waals surface area contributed by atoms with Crippen LogP contribution in [0.5, 0.6) is 0 Å². The van der Waals surface area contributed by atoms with E-state index in [-0.39, 0.29) is 17.0 Å². The highest BCUT2D eigenvalue weighted by Gasteiger charge is 2.27. The van der Waals surface area contributed by atoms with Crippen molar-refractivity contribution in [3.8, 4) is 0 Å². The number of anilines is 1. The minimum absolute atomic E-state index is 0.0494. The van der Waals surface area contributed by atoms with E-state index in [9.17, 15) is 18.0 Å². The van der Waals surface area contributed by atoms with Gasteiger partial charge >= 0.3 is 6.03 Å². The lowest BCUT2D eigenvalue weighted by Crippen LogP contribution is -2.44. The highest BCUT2D eigenvalue weighted by atomic mass is 32.2. The Kier molecular flexibility index (Phi) is 12.9. The molecule has 2 amide bonds. The van der Waals surface area contributed by atoms with Gasteiger partial charge in [-0.15, -0.1) is 0 Å². The Morgan fingerprint density at radius 2 is 1.51 bits per heavy atom. The molecule has 2 atom stereocenters. The minimum Gasteiger partial charge on any atom is -0.328 e. The van der Waals surface area contributed by atoms with E-state index in [1.165, 1.54) is 25.7 Å². The summed E-state index contributed by atoms with van der Waals surface area (Å²) in [5.74, 6) is 1.42. The van der Waals surface area contributed by atoms with Crippen LogP contribution in [0.4, 0.5) is 10.5 Å². The summed E-state index contributed by atoms with van der Waals surface area (Å²) in [7, 11) is -3.51. The molecular weight excluding hydrogens is 556 g/mol. The van der Waals surface area contributed by atoms with Gasteiger partial charge in [-0.3, -0.25) is 4.79 Å². The van der Waals surface area contributed by atoms with Crippen LogP contribution in [0.2, 0.25) is 0 Å². The monoisotopic (exact) mass is 610 g/mol. The third-order valence-corrected chi connectivity index (χ3v) is 10.4. The van der Waals surface area contributed by atoms with E-state index in [4.69, 9.17) is 0 Å². The Morgan fingerprint density at radius 1 is 0.884 bits per heavy atom. The van der Waals surface area contributed by atoms with Gasteiger partial charge in [0, 0.05) is 12.1 Å². The zero-order valence-electron chi connectivity index (χ0n) is 27.2. The van der Waals surface area contributed by atoms with E-state index in [0.29, 0.717) is 46.7 Å². The van der Waals surface area contributed by atoms with Gasteiger partial charge < -0.3 is 10.6 Å². The number of urea groups is 1. The third kappa shape index (κ3) is 11.7. The molecule has 7 heteroatoms. The largest absolute Gasteiger partial charge is 0.328 e. The minimum atomic E-state index is -3.51. The van der Waals surface area contributed by atoms with Crippen molar-refractivity contribution >= 4 is 27.3 Å². The number of sulfone groups is 1. The Labute approximate surface area is 260 Å². The van der Waals surface area contributed by atoms with Crippen LogP contribution >= 0.6 is 0 Å². The topological polar surface area (TPSA) is 92.3 Å². The highest BCUT2D eigenvalue weighted by molar-refractivity contribution is 7.90. The quantitative estimate of drug-likeness (QED) is 0.223. The molecule has 2 aromatic rings. The van der Waals surface area contributed by atoms with E-state index >= 15 is 0 Å². The fraction of sp³-hybridized carbons (Fsp3) is 0.611. The van der Waals surface area contributed by atoms with Crippen LogP contribution in [0.15, 0.2) is 53.4 Å². The zero-order chi connectivity index (χ0) is 31.6. The number of carbonyl (C=O) groups excluding carboxylic acids is 2. The molecule has 2 N–H and O–H groups in total. The molecule has 0 radical (unpaired) electrons. The summed E-state index contributed by atoms with van der Waals surface area (Å²) in [4.78, 5) is 26.7. The van der Waals surface area contributed by atoms with Crippen LogP contribution in [0.25, 0.3) is 0 Å². The van der Waals surface area contributed by atoms with Crippen molar-refractivity contribution in [3.05, 3.63) is 59.7 Å². The van der Waals surface area contributed by atoms with Crippen molar-refractivity contribution < 1.29 is 18.0 Å². The van der Waals surface area contributed by atoms with Gasteiger partial charge in [-0.2, -0.15) is 0 Å². The van der Waals surface area contributed by atoms with Crippen LogP contribution in [-0.4, -0.2) is 26.3 Å². The molecule has 0 saturated heterocycles. The smallest absolute Gasteiger partial charge is 0.319 e. The summed E-state index contributed by atoms with van der Waals surface area (Å²) in [5.41, 5.74) is 2.23. The SMILES string of the molecule is CC(C)CCCC(C)CC(=O)[C@H](CC1CCCCC1)NC(=O)Nc1ccc(CS(=O)(=O)c2ccc(C(C)(C)C)cc2)cc1. The van der Waals surface area contributed by atoms with Crippen LogP contribution in [0.3, 0.4) is 0 Å². The van der Waals surface area contributed by atoms with Crippen molar-refractivity contribution in [2.75, 3.05) is 5.32 Å². The van der Waals surface area contributed by atoms with Gasteiger partial charge in [-0.05, 0) is 65.0 Å². The summed E-state index contributed by atoms with van der Waals surface area (Å²) in [6, 6.07) is 13.1. The molecule has 43 heavy (non-hydrogen) atoms. The number of nitrogens with one attached hydrogen (secondary N) is 2. The molecule has 1 aliphatic carbocycles. The van der Waals surface area contributed by atoms with Gasteiger partial charge in [0.05, 0.1) is 16.7 Å². The van der Waals surface area contributed by atoms with E-state index in [1.807, 2.05) is 12.1 Å². The van der Waals surface area contributed by atoms with Gasteiger partial charge in [0.15, 0.2) is 15.6 Å². The molecule has 0 bridgehead atoms. The maximum atomic E-state index is 13.4. The average Bonchev–Trinajstić information content (AvgIpc) is 2.93. The highest BCUT2D eigenvalue weighted by Crippen LogP contribution is 2.29. The average molecular weight is 611 g/mol. The predicted molar refractivity (Wildman–Crippen MR) is 177 cm³/mol. The number of hydrogen-bond acceptors (Lipinski definition) is 4. The van der Waals surface area contributed by atoms with Crippen LogP contribution < -0.4 is 10.6 Å². The molecule has 0 aromatic heterocycles. The van der Waals surface area contributed by atoms with Gasteiger partial charge in [0.2, 0.25) is 0 Å². The molecule has 1 aliphatic rings. The van der Waals surface area contributed by atoms with Gasteiger partial charge in [0.1, 0.15) is 0 Å². The second-order valence-electron chi connectivity index (χ2n) is 14.2. The van der Waals surface area contributed by atoms with Crippen LogP contribution in [0.1, 0.15) is 117 Å². The van der Waals surface area contributed by atoms with E-state index in [2.05, 4.69) is 52.2 Å². The van der Waals surface area contributed by atoms with Gasteiger partial charge in [0.25, 0.3) is 0 Å². The first-order chi connectivity index (χ1) is 20.2. The van der Waals surface area contributed by atoms with E-state index < -0.39 is 21.9 Å². The number of benzene rings is 2. The van der Waals surface area contributed by atoms with Crippen LogP contribution in [-0.2, 0) is 25.8 Å². The second-order valence-corrected chi connectivity index (χ2v) is 16.2. The number of Topliss-reactive ketones (excluding diaryl/α,β-unsaturated/α-hetero) is 1. The molecule has 0 aliphatic heterocycles. The molecule has 3 rings (SSSR count). The molecule has 238 valence electrons. The first kappa shape index (κ1) is 34.8. The molecule has 1 unspecified atom stereocenters. The zero-order valence-corrected chi connectivity index (χ0v) is 28.1. The van der Waals surface area contributed by atoms with E-state index in [0.717, 1.165) is 31.2 Å². The summed E-state index contributed by atoms with van der Waals surface area (Å²) in [6.07, 6.45) is 10.3. The molecule has 1 saturated carbocycles. The molecule has 6 nitrogen and oxygen atoms in total. The van der Waals surface area contributed by atoms with Crippen molar-refractivity contribution in [3.63, 3.8) is 0 Å². The lowest BCUT2D eigenvalue weighted by atomic mass is 9.82. The summed E-state index contributed by atoms with van der Waals surface area (Å²) in [5, 5.41) is 5.84. The molecule has 2 aromatic carbocycles. The third-order valence-electron chi connectivity index (χ3n) is 8.66. The molecule has 0 heterocycles. The van der Waals surface area contributed by atoms with Crippen molar-refractivity contribution in [2.45, 2.75) is 128 Å². The Bertz CT molecular complexity index is 1270. The number of ketones is 1. The molecular formula is C36H54N2O4S. The van der Waals surface area contributed by atoms with Crippen molar-refractivity contribution in [1.82, 2.24) is 5.32 Å². The summed E-state index contributed by atoms with van der Waals surface area (Å²) < 4.78 is 26.1. The van der Waals surface area contributed by atoms with Crippen molar-refractivity contribution in [2.24, 2.45) is 17.8 Å². The van der Waals surface area contributed by atoms with Gasteiger partial charge in [-0.25, -0.2) is 13.2 Å². The maximum Gasteiger partial charge on any atom is 0.319 e. The Hall–Kier alpha value is -2.67. The van der Waals surface area contributed by atoms with Gasteiger partial charge in [-0.1, -0.05) is 117 Å². The first-order valence-electron chi connectivity index (χ1n) is 16.3. The molecule has 0 spiro atoms. The molecule has 1 fully saturated rings. The standard InChI is InChI=1S/C36H54N2O4S/c1-26(2)11-10-12-27(3)23-34(39)33(24-28-13-8-7-9-14-28)38-35(40)37-31-19-15-29(16-20-31)25-43(41,42)32-21-17-30(18-22-32)36(4,5)6/h15-22,26-28,33H,7-14,23-25H2,1-6H3,(H2,37,38,40)/t27?,33-/m0/s1. The number of hydrogen-bond donors (Lipinski definition) is 2. The second kappa shape index (κ2) is 15.9. The fourth-order valence-corrected chi connectivity index (χ4v) is 7.31. The summed E-state index contributed by atoms with van der Waals surface area (Å²) >= 11 is 0. The Balaban J connectivity index is 1.59. The van der Waals surface area contributed by atoms with Crippen molar-refractivity contribution in [1.29, 1.82) is 0 Å². The van der Waals surface area contributed by atoms with Crippen LogP contribution in [0, 0.1) is 17.8 Å². The number of amides is 2. The maximum absolute atomic E-state index is 13.4. The number of rotatable bonds is 14. The summed E-state index contributed by atoms with van der Waals surface area (Å²) in [6.45, 7) is 12.9. The Morgan fingerprint density at radius 3 is 2.09 bits per heavy atom. The lowest BCUT2D eigenvalue weighted by Gasteiger charge is -2.27. The lowest BCUT2D eigenvalue weighted by molar-refractivity contribution is -0.122. The fourth-order valence-electron chi connectivity index (χ4n) is 5.96. The number of carbonyl (C=O) groups is 2. The first-order valence-corrected chi connectivity index (χ1v) is 17.9.